The van der Waals surface area contributed by atoms with E-state index in [4.69, 9.17) is 16.3 Å². The topological polar surface area (TPSA) is 26.3 Å². The van der Waals surface area contributed by atoms with Crippen LogP contribution in [0.5, 0.6) is 5.75 Å². The van der Waals surface area contributed by atoms with Gasteiger partial charge in [-0.15, -0.1) is 0 Å². The number of hydrogen-bond acceptors (Lipinski definition) is 2. The lowest BCUT2D eigenvalue weighted by atomic mass is 9.89. The maximum atomic E-state index is 12.4. The van der Waals surface area contributed by atoms with Gasteiger partial charge in [-0.05, 0) is 37.0 Å². The molecule has 0 saturated heterocycles. The molecule has 1 aromatic carbocycles. The van der Waals surface area contributed by atoms with Crippen molar-refractivity contribution >= 4 is 17.4 Å². The highest BCUT2D eigenvalue weighted by Gasteiger charge is 2.31. The van der Waals surface area contributed by atoms with Crippen molar-refractivity contribution in [1.29, 1.82) is 0 Å². The first-order valence-corrected chi connectivity index (χ1v) is 6.39. The monoisotopic (exact) mass is 252 g/mol. The van der Waals surface area contributed by atoms with Gasteiger partial charge in [-0.3, -0.25) is 4.79 Å². The third-order valence-corrected chi connectivity index (χ3v) is 3.95. The second-order valence-corrected chi connectivity index (χ2v) is 5.13. The molecule has 0 aromatic heterocycles. The molecule has 2 atom stereocenters. The number of ketones is 1. The van der Waals surface area contributed by atoms with Crippen molar-refractivity contribution in [2.24, 2.45) is 11.8 Å². The van der Waals surface area contributed by atoms with Crippen LogP contribution in [0.2, 0.25) is 5.02 Å². The molecule has 1 saturated carbocycles. The Morgan fingerprint density at radius 1 is 1.41 bits per heavy atom. The molecular formula is C14H17ClO2. The minimum absolute atomic E-state index is 0.140. The molecule has 2 rings (SSSR count). The molecule has 1 fully saturated rings. The molecule has 0 bridgehead atoms. The number of ether oxygens (including phenoxy) is 1. The van der Waals surface area contributed by atoms with E-state index >= 15 is 0 Å². The quantitative estimate of drug-likeness (QED) is 0.761. The Balaban J connectivity index is 2.25. The Bertz CT molecular complexity index is 428. The predicted octanol–water partition coefficient (Wildman–Crippen LogP) is 3.97. The molecule has 2 unspecified atom stereocenters. The summed E-state index contributed by atoms with van der Waals surface area (Å²) < 4.78 is 5.08. The van der Waals surface area contributed by atoms with Gasteiger partial charge in [0.05, 0.1) is 12.1 Å². The Morgan fingerprint density at radius 2 is 2.18 bits per heavy atom. The van der Waals surface area contributed by atoms with Crippen LogP contribution in [0.4, 0.5) is 0 Å². The summed E-state index contributed by atoms with van der Waals surface area (Å²) in [6, 6.07) is 5.27. The number of carbonyl (C=O) groups excluding carboxylic acids is 1. The number of halogens is 1. The standard InChI is InChI=1S/C14H17ClO2/c1-9-4-3-5-11(9)14(16)12-7-6-10(17-2)8-13(12)15/h6-9,11H,3-5H2,1-2H3. The van der Waals surface area contributed by atoms with Crippen molar-refractivity contribution in [1.82, 2.24) is 0 Å². The van der Waals surface area contributed by atoms with Gasteiger partial charge in [0.2, 0.25) is 0 Å². The van der Waals surface area contributed by atoms with E-state index in [2.05, 4.69) is 6.92 Å². The van der Waals surface area contributed by atoms with Gasteiger partial charge in [0.15, 0.2) is 5.78 Å². The first kappa shape index (κ1) is 12.4. The van der Waals surface area contributed by atoms with Gasteiger partial charge in [0.25, 0.3) is 0 Å². The molecular weight excluding hydrogens is 236 g/mol. The molecule has 0 heterocycles. The van der Waals surface area contributed by atoms with Gasteiger partial charge in [-0.2, -0.15) is 0 Å². The number of carbonyl (C=O) groups is 1. The average molecular weight is 253 g/mol. The third kappa shape index (κ3) is 2.47. The minimum Gasteiger partial charge on any atom is -0.497 e. The van der Waals surface area contributed by atoms with Crippen molar-refractivity contribution in [3.05, 3.63) is 28.8 Å². The van der Waals surface area contributed by atoms with Crippen LogP contribution < -0.4 is 4.74 Å². The Morgan fingerprint density at radius 3 is 2.71 bits per heavy atom. The van der Waals surface area contributed by atoms with Gasteiger partial charge >= 0.3 is 0 Å². The molecule has 17 heavy (non-hydrogen) atoms. The lowest BCUT2D eigenvalue weighted by molar-refractivity contribution is 0.0897. The average Bonchev–Trinajstić information content (AvgIpc) is 2.74. The maximum Gasteiger partial charge on any atom is 0.167 e. The van der Waals surface area contributed by atoms with Gasteiger partial charge in [-0.25, -0.2) is 0 Å². The van der Waals surface area contributed by atoms with Crippen molar-refractivity contribution in [3.63, 3.8) is 0 Å². The van der Waals surface area contributed by atoms with Gasteiger partial charge in [0.1, 0.15) is 5.75 Å². The van der Waals surface area contributed by atoms with Crippen LogP contribution in [0.3, 0.4) is 0 Å². The fourth-order valence-corrected chi connectivity index (χ4v) is 2.82. The molecule has 0 spiro atoms. The summed E-state index contributed by atoms with van der Waals surface area (Å²) in [5, 5.41) is 0.494. The second-order valence-electron chi connectivity index (χ2n) is 4.72. The lowest BCUT2D eigenvalue weighted by Gasteiger charge is -2.15. The minimum atomic E-state index is 0.140. The van der Waals surface area contributed by atoms with Crippen molar-refractivity contribution in [2.75, 3.05) is 7.11 Å². The van der Waals surface area contributed by atoms with Crippen molar-refractivity contribution < 1.29 is 9.53 Å². The van der Waals surface area contributed by atoms with Crippen LogP contribution in [0.15, 0.2) is 18.2 Å². The van der Waals surface area contributed by atoms with Crippen LogP contribution in [-0.4, -0.2) is 12.9 Å². The molecule has 1 aromatic rings. The highest BCUT2D eigenvalue weighted by Crippen LogP contribution is 2.35. The van der Waals surface area contributed by atoms with E-state index in [1.807, 2.05) is 0 Å². The smallest absolute Gasteiger partial charge is 0.167 e. The zero-order valence-corrected chi connectivity index (χ0v) is 11.0. The SMILES string of the molecule is COc1ccc(C(=O)C2CCCC2C)c(Cl)c1. The van der Waals surface area contributed by atoms with E-state index in [1.54, 1.807) is 25.3 Å². The van der Waals surface area contributed by atoms with E-state index in [0.717, 1.165) is 19.3 Å². The van der Waals surface area contributed by atoms with E-state index in [1.165, 1.54) is 0 Å². The zero-order chi connectivity index (χ0) is 12.4. The largest absolute Gasteiger partial charge is 0.497 e. The first-order valence-electron chi connectivity index (χ1n) is 6.01. The molecule has 2 nitrogen and oxygen atoms in total. The summed E-state index contributed by atoms with van der Waals surface area (Å²) in [5.41, 5.74) is 0.631. The summed E-state index contributed by atoms with van der Waals surface area (Å²) in [7, 11) is 1.59. The van der Waals surface area contributed by atoms with E-state index < -0.39 is 0 Å². The molecule has 0 N–H and O–H groups in total. The van der Waals surface area contributed by atoms with Crippen LogP contribution in [-0.2, 0) is 0 Å². The van der Waals surface area contributed by atoms with Crippen LogP contribution in [0.25, 0.3) is 0 Å². The summed E-state index contributed by atoms with van der Waals surface area (Å²) in [5.74, 6) is 1.48. The number of benzene rings is 1. The number of hydrogen-bond donors (Lipinski definition) is 0. The Labute approximate surface area is 107 Å². The predicted molar refractivity (Wildman–Crippen MR) is 68.8 cm³/mol. The molecule has 0 amide bonds. The highest BCUT2D eigenvalue weighted by atomic mass is 35.5. The summed E-state index contributed by atoms with van der Waals surface area (Å²) in [6.45, 7) is 2.15. The van der Waals surface area contributed by atoms with E-state index in [0.29, 0.717) is 22.3 Å². The normalized spacial score (nSPS) is 23.7. The lowest BCUT2D eigenvalue weighted by Crippen LogP contribution is -2.17. The number of methoxy groups -OCH3 is 1. The molecule has 0 aliphatic heterocycles. The fraction of sp³-hybridized carbons (Fsp3) is 0.500. The third-order valence-electron chi connectivity index (χ3n) is 3.64. The molecule has 1 aliphatic rings. The fourth-order valence-electron chi connectivity index (χ4n) is 2.56. The maximum absolute atomic E-state index is 12.4. The first-order chi connectivity index (χ1) is 8.13. The number of Topliss-reactive ketones (excluding diaryl/α,β-unsaturated/α-hetero) is 1. The van der Waals surface area contributed by atoms with Crippen LogP contribution in [0.1, 0.15) is 36.5 Å². The van der Waals surface area contributed by atoms with Gasteiger partial charge in [0, 0.05) is 11.5 Å². The van der Waals surface area contributed by atoms with Gasteiger partial charge < -0.3 is 4.74 Å². The van der Waals surface area contributed by atoms with E-state index in [9.17, 15) is 4.79 Å². The molecule has 92 valence electrons. The summed E-state index contributed by atoms with van der Waals surface area (Å²) in [4.78, 5) is 12.4. The zero-order valence-electron chi connectivity index (χ0n) is 10.2. The summed E-state index contributed by atoms with van der Waals surface area (Å²) in [6.07, 6.45) is 3.28. The molecule has 0 radical (unpaired) electrons. The molecule has 1 aliphatic carbocycles. The Kier molecular flexibility index (Phi) is 3.72. The van der Waals surface area contributed by atoms with Crippen LogP contribution >= 0.6 is 11.6 Å². The second kappa shape index (κ2) is 5.09. The van der Waals surface area contributed by atoms with Crippen molar-refractivity contribution in [2.45, 2.75) is 26.2 Å². The number of rotatable bonds is 3. The Hall–Kier alpha value is -1.02. The highest BCUT2D eigenvalue weighted by molar-refractivity contribution is 6.34. The van der Waals surface area contributed by atoms with Crippen molar-refractivity contribution in [3.8, 4) is 5.75 Å². The van der Waals surface area contributed by atoms with Crippen LogP contribution in [0, 0.1) is 11.8 Å². The summed E-state index contributed by atoms with van der Waals surface area (Å²) >= 11 is 6.13. The van der Waals surface area contributed by atoms with E-state index in [-0.39, 0.29) is 11.7 Å². The van der Waals surface area contributed by atoms with Gasteiger partial charge in [-0.1, -0.05) is 24.9 Å². The molecule has 3 heteroatoms.